The van der Waals surface area contributed by atoms with Gasteiger partial charge in [0.05, 0.1) is 24.3 Å². The van der Waals surface area contributed by atoms with Crippen LogP contribution in [0.25, 0.3) is 10.9 Å². The lowest BCUT2D eigenvalue weighted by atomic mass is 9.84. The number of fused-ring (bicyclic) bond motifs is 1. The van der Waals surface area contributed by atoms with Gasteiger partial charge in [-0.15, -0.1) is 0 Å². The molecule has 39 heavy (non-hydrogen) atoms. The first-order valence-corrected chi connectivity index (χ1v) is 13.1. The Balaban J connectivity index is 1.76. The van der Waals surface area contributed by atoms with Crippen LogP contribution in [0.2, 0.25) is 0 Å². The highest BCUT2D eigenvalue weighted by atomic mass is 16.5. The molecule has 0 radical (unpaired) electrons. The monoisotopic (exact) mass is 537 g/mol. The first kappa shape index (κ1) is 28.2. The summed E-state index contributed by atoms with van der Waals surface area (Å²) >= 11 is 0. The van der Waals surface area contributed by atoms with Gasteiger partial charge in [0.25, 0.3) is 0 Å². The summed E-state index contributed by atoms with van der Waals surface area (Å²) in [5.74, 6) is 2.14. The second-order valence-electron chi connectivity index (χ2n) is 11.6. The summed E-state index contributed by atoms with van der Waals surface area (Å²) in [6, 6.07) is 13.4. The smallest absolute Gasteiger partial charge is 0.407 e. The Kier molecular flexibility index (Phi) is 8.06. The van der Waals surface area contributed by atoms with E-state index in [0.717, 1.165) is 10.9 Å². The summed E-state index contributed by atoms with van der Waals surface area (Å²) in [7, 11) is 1.59. The number of amides is 1. The standard InChI is InChI=1S/C29H39N5O5/c1-28(2,3)24-16-33(12-13-34(24)27(35)36)25-20-14-22(38-6)23(39-17-19-10-8-7-9-11-19)15-21(20)31-26(32-25)30-18-29(4,5)37/h7-11,14-15,24,37H,12-13,16-18H2,1-6H3,(H,35,36)(H,30,31,32). The molecule has 10 heteroatoms. The van der Waals surface area contributed by atoms with Crippen LogP contribution < -0.4 is 19.7 Å². The van der Waals surface area contributed by atoms with Crippen LogP contribution in [0, 0.1) is 5.41 Å². The van der Waals surface area contributed by atoms with E-state index in [0.29, 0.717) is 55.0 Å². The van der Waals surface area contributed by atoms with Crippen LogP contribution in [-0.2, 0) is 6.61 Å². The Labute approximate surface area is 229 Å². The molecule has 0 saturated carbocycles. The van der Waals surface area contributed by atoms with Crippen molar-refractivity contribution in [1.82, 2.24) is 14.9 Å². The van der Waals surface area contributed by atoms with Crippen molar-refractivity contribution in [2.24, 2.45) is 5.41 Å². The van der Waals surface area contributed by atoms with Gasteiger partial charge in [0, 0.05) is 37.6 Å². The predicted molar refractivity (Wildman–Crippen MR) is 152 cm³/mol. The number of benzene rings is 2. The highest BCUT2D eigenvalue weighted by molar-refractivity contribution is 5.93. The minimum atomic E-state index is -0.965. The summed E-state index contributed by atoms with van der Waals surface area (Å²) in [5.41, 5.74) is 0.431. The van der Waals surface area contributed by atoms with Crippen LogP contribution in [0.3, 0.4) is 0 Å². The molecule has 10 nitrogen and oxygen atoms in total. The number of carboxylic acid groups (broad SMARTS) is 1. The number of aliphatic hydroxyl groups is 1. The number of ether oxygens (including phenoxy) is 2. The molecule has 1 atom stereocenters. The minimum absolute atomic E-state index is 0.239. The van der Waals surface area contributed by atoms with Crippen molar-refractivity contribution in [3.8, 4) is 11.5 Å². The number of hydrogen-bond acceptors (Lipinski definition) is 8. The largest absolute Gasteiger partial charge is 0.493 e. The lowest BCUT2D eigenvalue weighted by Gasteiger charge is -2.46. The molecule has 0 spiro atoms. The molecule has 3 aromatic rings. The zero-order chi connectivity index (χ0) is 28.4. The second kappa shape index (κ2) is 11.1. The summed E-state index contributed by atoms with van der Waals surface area (Å²) in [4.78, 5) is 25.2. The van der Waals surface area contributed by atoms with E-state index in [1.165, 1.54) is 4.90 Å². The lowest BCUT2D eigenvalue weighted by molar-refractivity contribution is 0.0747. The molecular weight excluding hydrogens is 498 g/mol. The SMILES string of the molecule is COc1cc2c(N3CCN(C(=O)O)C(C(C)(C)C)C3)nc(NCC(C)(C)O)nc2cc1OCc1ccccc1. The van der Waals surface area contributed by atoms with Gasteiger partial charge in [0.1, 0.15) is 12.4 Å². The van der Waals surface area contributed by atoms with Crippen molar-refractivity contribution in [3.05, 3.63) is 48.0 Å². The summed E-state index contributed by atoms with van der Waals surface area (Å²) < 4.78 is 11.8. The Morgan fingerprint density at radius 1 is 1.08 bits per heavy atom. The molecule has 1 fully saturated rings. The van der Waals surface area contributed by atoms with Gasteiger partial charge in [-0.2, -0.15) is 4.98 Å². The maximum atomic E-state index is 12.0. The first-order valence-electron chi connectivity index (χ1n) is 13.1. The fourth-order valence-corrected chi connectivity index (χ4v) is 4.69. The number of piperazine rings is 1. The third-order valence-corrected chi connectivity index (χ3v) is 6.80. The van der Waals surface area contributed by atoms with E-state index < -0.39 is 11.7 Å². The van der Waals surface area contributed by atoms with Crippen molar-refractivity contribution in [2.45, 2.75) is 52.9 Å². The van der Waals surface area contributed by atoms with Crippen LogP contribution in [-0.4, -0.2) is 76.1 Å². The van der Waals surface area contributed by atoms with E-state index in [1.54, 1.807) is 21.0 Å². The molecule has 0 bridgehead atoms. The quantitative estimate of drug-likeness (QED) is 0.378. The average molecular weight is 538 g/mol. The van der Waals surface area contributed by atoms with E-state index in [2.05, 4.69) is 10.2 Å². The van der Waals surface area contributed by atoms with Gasteiger partial charge in [-0.05, 0) is 30.9 Å². The molecular formula is C29H39N5O5. The number of nitrogens with zero attached hydrogens (tertiary/aromatic N) is 4. The van der Waals surface area contributed by atoms with Gasteiger partial charge >= 0.3 is 6.09 Å². The van der Waals surface area contributed by atoms with Crippen LogP contribution in [0.1, 0.15) is 40.2 Å². The zero-order valence-electron chi connectivity index (χ0n) is 23.6. The van der Waals surface area contributed by atoms with Gasteiger partial charge in [-0.25, -0.2) is 9.78 Å². The second-order valence-corrected chi connectivity index (χ2v) is 11.6. The number of rotatable bonds is 8. The van der Waals surface area contributed by atoms with Crippen molar-refractivity contribution in [3.63, 3.8) is 0 Å². The third-order valence-electron chi connectivity index (χ3n) is 6.80. The lowest BCUT2D eigenvalue weighted by Crippen LogP contribution is -2.59. The molecule has 2 aromatic carbocycles. The molecule has 2 heterocycles. The number of anilines is 2. The van der Waals surface area contributed by atoms with Crippen molar-refractivity contribution in [1.29, 1.82) is 0 Å². The molecule has 1 saturated heterocycles. The fraction of sp³-hybridized carbons (Fsp3) is 0.483. The Bertz CT molecular complexity index is 1300. The molecule has 1 amide bonds. The third kappa shape index (κ3) is 6.81. The summed E-state index contributed by atoms with van der Waals surface area (Å²) in [6.45, 7) is 11.5. The number of methoxy groups -OCH3 is 1. The van der Waals surface area contributed by atoms with Crippen LogP contribution in [0.5, 0.6) is 11.5 Å². The summed E-state index contributed by atoms with van der Waals surface area (Å²) in [5, 5.41) is 24.0. The summed E-state index contributed by atoms with van der Waals surface area (Å²) in [6.07, 6.45) is -0.920. The van der Waals surface area contributed by atoms with E-state index >= 15 is 0 Å². The Morgan fingerprint density at radius 2 is 1.79 bits per heavy atom. The number of carbonyl (C=O) groups is 1. The van der Waals surface area contributed by atoms with E-state index in [4.69, 9.17) is 19.4 Å². The van der Waals surface area contributed by atoms with Crippen molar-refractivity contribution >= 4 is 28.8 Å². The topological polar surface area (TPSA) is 120 Å². The van der Waals surface area contributed by atoms with E-state index in [9.17, 15) is 15.0 Å². The van der Waals surface area contributed by atoms with Crippen LogP contribution in [0.4, 0.5) is 16.6 Å². The van der Waals surface area contributed by atoms with Crippen molar-refractivity contribution in [2.75, 3.05) is 43.5 Å². The highest BCUT2D eigenvalue weighted by Crippen LogP contribution is 2.38. The molecule has 1 aliphatic heterocycles. The minimum Gasteiger partial charge on any atom is -0.493 e. The van der Waals surface area contributed by atoms with Gasteiger partial charge in [0.15, 0.2) is 11.5 Å². The van der Waals surface area contributed by atoms with Gasteiger partial charge in [0.2, 0.25) is 5.95 Å². The van der Waals surface area contributed by atoms with Crippen LogP contribution >= 0.6 is 0 Å². The molecule has 1 aromatic heterocycles. The fourth-order valence-electron chi connectivity index (χ4n) is 4.69. The molecule has 3 N–H and O–H groups in total. The maximum absolute atomic E-state index is 12.0. The molecule has 0 aliphatic carbocycles. The molecule has 1 aliphatic rings. The van der Waals surface area contributed by atoms with Gasteiger partial charge in [-0.3, -0.25) is 0 Å². The van der Waals surface area contributed by atoms with Crippen molar-refractivity contribution < 1.29 is 24.5 Å². The highest BCUT2D eigenvalue weighted by Gasteiger charge is 2.39. The maximum Gasteiger partial charge on any atom is 0.407 e. The zero-order valence-corrected chi connectivity index (χ0v) is 23.6. The molecule has 1 unspecified atom stereocenters. The first-order chi connectivity index (χ1) is 18.4. The predicted octanol–water partition coefficient (Wildman–Crippen LogP) is 4.61. The number of aromatic nitrogens is 2. The van der Waals surface area contributed by atoms with E-state index in [-0.39, 0.29) is 18.0 Å². The normalized spacial score (nSPS) is 16.3. The Morgan fingerprint density at radius 3 is 2.41 bits per heavy atom. The van der Waals surface area contributed by atoms with Gasteiger partial charge < -0.3 is 34.8 Å². The van der Waals surface area contributed by atoms with Crippen LogP contribution in [0.15, 0.2) is 42.5 Å². The molecule has 4 rings (SSSR count). The van der Waals surface area contributed by atoms with Gasteiger partial charge in [-0.1, -0.05) is 51.1 Å². The Hall–Kier alpha value is -3.79. The average Bonchev–Trinajstić information content (AvgIpc) is 2.89. The number of nitrogens with one attached hydrogen (secondary N) is 1. The molecule has 210 valence electrons. The number of hydrogen-bond donors (Lipinski definition) is 3. The van der Waals surface area contributed by atoms with E-state index in [1.807, 2.05) is 63.2 Å².